The molecule has 0 radical (unpaired) electrons. The highest BCUT2D eigenvalue weighted by molar-refractivity contribution is 5.20. The molecule has 1 N–H and O–H groups in total. The summed E-state index contributed by atoms with van der Waals surface area (Å²) in [4.78, 5) is 2.61. The van der Waals surface area contributed by atoms with Gasteiger partial charge in [-0.25, -0.2) is 0 Å². The molecule has 0 aliphatic carbocycles. The zero-order valence-corrected chi connectivity index (χ0v) is 13.2. The van der Waals surface area contributed by atoms with Gasteiger partial charge in [-0.1, -0.05) is 67.1 Å². The Kier molecular flexibility index (Phi) is 5.63. The Morgan fingerprint density at radius 3 is 2.14 bits per heavy atom. The van der Waals surface area contributed by atoms with E-state index in [1.165, 1.54) is 43.5 Å². The van der Waals surface area contributed by atoms with Crippen LogP contribution in [0.3, 0.4) is 0 Å². The van der Waals surface area contributed by atoms with Crippen molar-refractivity contribution in [1.82, 2.24) is 10.2 Å². The van der Waals surface area contributed by atoms with Crippen molar-refractivity contribution in [2.45, 2.75) is 31.8 Å². The molecule has 0 bridgehead atoms. The minimum atomic E-state index is 0.402. The molecule has 1 saturated heterocycles. The molecule has 0 aromatic heterocycles. The second kappa shape index (κ2) is 8.11. The Hall–Kier alpha value is -1.64. The van der Waals surface area contributed by atoms with Gasteiger partial charge in [-0.05, 0) is 37.1 Å². The van der Waals surface area contributed by atoms with Crippen LogP contribution in [-0.4, -0.2) is 24.5 Å². The van der Waals surface area contributed by atoms with Crippen molar-refractivity contribution in [2.75, 3.05) is 19.6 Å². The lowest BCUT2D eigenvalue weighted by molar-refractivity contribution is 0.205. The number of hydrogen-bond donors (Lipinski definition) is 1. The molecule has 2 aromatic carbocycles. The van der Waals surface area contributed by atoms with Gasteiger partial charge in [0, 0.05) is 19.1 Å². The third-order valence-corrected chi connectivity index (χ3v) is 4.49. The van der Waals surface area contributed by atoms with Gasteiger partial charge in [-0.15, -0.1) is 0 Å². The molecule has 0 saturated carbocycles. The van der Waals surface area contributed by atoms with Crippen molar-refractivity contribution in [3.05, 3.63) is 71.8 Å². The van der Waals surface area contributed by atoms with Gasteiger partial charge in [-0.3, -0.25) is 0 Å². The highest BCUT2D eigenvalue weighted by Crippen LogP contribution is 2.18. The Labute approximate surface area is 134 Å². The van der Waals surface area contributed by atoms with Crippen molar-refractivity contribution in [2.24, 2.45) is 0 Å². The van der Waals surface area contributed by atoms with Crippen LogP contribution < -0.4 is 5.32 Å². The minimum Gasteiger partial charge on any atom is -0.305 e. The van der Waals surface area contributed by atoms with Gasteiger partial charge in [0.25, 0.3) is 0 Å². The fourth-order valence-electron chi connectivity index (χ4n) is 3.21. The maximum absolute atomic E-state index is 3.76. The van der Waals surface area contributed by atoms with Crippen LogP contribution in [0.15, 0.2) is 60.7 Å². The topological polar surface area (TPSA) is 15.3 Å². The van der Waals surface area contributed by atoms with Gasteiger partial charge in [-0.2, -0.15) is 0 Å². The molecule has 1 aliphatic rings. The maximum Gasteiger partial charge on any atom is 0.0451 e. The number of benzene rings is 2. The lowest BCUT2D eigenvalue weighted by Gasteiger charge is -2.31. The third-order valence-electron chi connectivity index (χ3n) is 4.49. The quantitative estimate of drug-likeness (QED) is 0.866. The molecule has 0 spiro atoms. The normalized spacial score (nSPS) is 17.3. The zero-order valence-electron chi connectivity index (χ0n) is 13.2. The molecule has 1 atom stereocenters. The molecule has 22 heavy (non-hydrogen) atoms. The summed E-state index contributed by atoms with van der Waals surface area (Å²) >= 11 is 0. The number of nitrogens with zero attached hydrogens (tertiary/aromatic N) is 1. The Balaban J connectivity index is 1.65. The van der Waals surface area contributed by atoms with Gasteiger partial charge in [0.2, 0.25) is 0 Å². The van der Waals surface area contributed by atoms with Crippen LogP contribution in [0.2, 0.25) is 0 Å². The number of hydrogen-bond acceptors (Lipinski definition) is 2. The molecule has 0 amide bonds. The van der Waals surface area contributed by atoms with Gasteiger partial charge < -0.3 is 10.2 Å². The molecular weight excluding hydrogens is 268 g/mol. The van der Waals surface area contributed by atoms with Crippen LogP contribution in [-0.2, 0) is 6.54 Å². The van der Waals surface area contributed by atoms with E-state index in [9.17, 15) is 0 Å². The Morgan fingerprint density at radius 1 is 0.818 bits per heavy atom. The summed E-state index contributed by atoms with van der Waals surface area (Å²) in [6.07, 6.45) is 4.09. The summed E-state index contributed by atoms with van der Waals surface area (Å²) in [7, 11) is 0. The first-order valence-electron chi connectivity index (χ1n) is 8.46. The number of rotatable bonds is 6. The van der Waals surface area contributed by atoms with E-state index in [1.807, 2.05) is 0 Å². The molecule has 1 fully saturated rings. The number of piperidine rings is 1. The zero-order chi connectivity index (χ0) is 15.0. The second-order valence-electron chi connectivity index (χ2n) is 6.19. The highest BCUT2D eigenvalue weighted by Gasteiger charge is 2.17. The van der Waals surface area contributed by atoms with E-state index >= 15 is 0 Å². The number of likely N-dealkylation sites (tertiary alicyclic amines) is 1. The average Bonchev–Trinajstić information content (AvgIpc) is 2.61. The van der Waals surface area contributed by atoms with Crippen molar-refractivity contribution in [3.8, 4) is 0 Å². The largest absolute Gasteiger partial charge is 0.305 e. The van der Waals surface area contributed by atoms with Crippen LogP contribution in [0.4, 0.5) is 0 Å². The van der Waals surface area contributed by atoms with Crippen LogP contribution in [0.1, 0.15) is 36.4 Å². The summed E-state index contributed by atoms with van der Waals surface area (Å²) in [5.74, 6) is 0. The van der Waals surface area contributed by atoms with E-state index in [-0.39, 0.29) is 0 Å². The van der Waals surface area contributed by atoms with E-state index in [0.29, 0.717) is 6.04 Å². The molecule has 2 aromatic rings. The Bertz CT molecular complexity index is 532. The smallest absolute Gasteiger partial charge is 0.0451 e. The summed E-state index contributed by atoms with van der Waals surface area (Å²) in [5, 5.41) is 3.76. The molecule has 1 aliphatic heterocycles. The van der Waals surface area contributed by atoms with Gasteiger partial charge in [0.15, 0.2) is 0 Å². The van der Waals surface area contributed by atoms with Crippen LogP contribution in [0.25, 0.3) is 0 Å². The highest BCUT2D eigenvalue weighted by atomic mass is 15.2. The monoisotopic (exact) mass is 294 g/mol. The Morgan fingerprint density at radius 2 is 1.45 bits per heavy atom. The minimum absolute atomic E-state index is 0.402. The van der Waals surface area contributed by atoms with E-state index in [1.54, 1.807) is 0 Å². The van der Waals surface area contributed by atoms with E-state index in [0.717, 1.165) is 13.1 Å². The first-order chi connectivity index (χ1) is 10.9. The molecule has 2 heteroatoms. The molecule has 3 rings (SSSR count). The maximum atomic E-state index is 3.76. The van der Waals surface area contributed by atoms with E-state index in [4.69, 9.17) is 0 Å². The fourth-order valence-corrected chi connectivity index (χ4v) is 3.21. The van der Waals surface area contributed by atoms with Gasteiger partial charge >= 0.3 is 0 Å². The molecule has 1 heterocycles. The summed E-state index contributed by atoms with van der Waals surface area (Å²) in [6.45, 7) is 4.53. The fraction of sp³-hybridized carbons (Fsp3) is 0.400. The first-order valence-corrected chi connectivity index (χ1v) is 8.46. The van der Waals surface area contributed by atoms with Crippen molar-refractivity contribution >= 4 is 0 Å². The lowest BCUT2D eigenvalue weighted by atomic mass is 10.0. The molecule has 116 valence electrons. The number of nitrogens with one attached hydrogen (secondary N) is 1. The average molecular weight is 294 g/mol. The van der Waals surface area contributed by atoms with Crippen LogP contribution in [0, 0.1) is 0 Å². The van der Waals surface area contributed by atoms with Crippen molar-refractivity contribution in [3.63, 3.8) is 0 Å². The van der Waals surface area contributed by atoms with E-state index < -0.39 is 0 Å². The predicted molar refractivity (Wildman–Crippen MR) is 92.8 cm³/mol. The van der Waals surface area contributed by atoms with Crippen molar-refractivity contribution in [1.29, 1.82) is 0 Å². The molecular formula is C20H26N2. The second-order valence-corrected chi connectivity index (χ2v) is 6.19. The summed E-state index contributed by atoms with van der Waals surface area (Å²) < 4.78 is 0. The predicted octanol–water partition coefficient (Wildman–Crippen LogP) is 4.00. The van der Waals surface area contributed by atoms with Gasteiger partial charge in [0.1, 0.15) is 0 Å². The van der Waals surface area contributed by atoms with E-state index in [2.05, 4.69) is 70.9 Å². The first kappa shape index (κ1) is 15.3. The van der Waals surface area contributed by atoms with Crippen molar-refractivity contribution < 1.29 is 0 Å². The summed E-state index contributed by atoms with van der Waals surface area (Å²) in [5.41, 5.74) is 2.74. The summed E-state index contributed by atoms with van der Waals surface area (Å²) in [6, 6.07) is 21.9. The molecule has 0 unspecified atom stereocenters. The SMILES string of the molecule is c1ccc(CN[C@H](CN2CCCCC2)c2ccccc2)cc1. The van der Waals surface area contributed by atoms with Crippen LogP contribution >= 0.6 is 0 Å². The van der Waals surface area contributed by atoms with Gasteiger partial charge in [0.05, 0.1) is 0 Å². The van der Waals surface area contributed by atoms with Crippen LogP contribution in [0.5, 0.6) is 0 Å². The molecule has 2 nitrogen and oxygen atoms in total. The lowest BCUT2D eigenvalue weighted by Crippen LogP contribution is -2.38. The third kappa shape index (κ3) is 4.43. The standard InChI is InChI=1S/C20H26N2/c1-4-10-18(11-5-1)16-21-20(19-12-6-2-7-13-19)17-22-14-8-3-9-15-22/h1-2,4-7,10-13,20-21H,3,8-9,14-17H2/t20-/m1/s1.